The number of anilines is 1. The van der Waals surface area contributed by atoms with Crippen molar-refractivity contribution < 1.29 is 9.32 Å². The number of aromatic nitrogens is 2. The monoisotopic (exact) mass is 323 g/mol. The van der Waals surface area contributed by atoms with Crippen LogP contribution in [0.1, 0.15) is 40.6 Å². The number of rotatable bonds is 3. The average molecular weight is 324 g/mol. The number of carbonyl (C=O) groups excluding carboxylic acids is 1. The zero-order chi connectivity index (χ0) is 13.6. The third-order valence-electron chi connectivity index (χ3n) is 3.37. The molecule has 0 aromatic carbocycles. The van der Waals surface area contributed by atoms with Gasteiger partial charge in [0.2, 0.25) is 5.88 Å². The van der Waals surface area contributed by atoms with Gasteiger partial charge in [-0.2, -0.15) is 0 Å². The first-order valence-corrected chi connectivity index (χ1v) is 6.97. The number of amides is 1. The molecule has 6 heteroatoms. The summed E-state index contributed by atoms with van der Waals surface area (Å²) < 4.78 is 8.03. The fourth-order valence-corrected chi connectivity index (χ4v) is 2.42. The van der Waals surface area contributed by atoms with Crippen LogP contribution >= 0.6 is 15.9 Å². The van der Waals surface area contributed by atoms with Crippen LogP contribution in [-0.4, -0.2) is 15.6 Å². The molecular formula is C13H14BrN3O2. The summed E-state index contributed by atoms with van der Waals surface area (Å²) in [5.74, 6) is 0.249. The van der Waals surface area contributed by atoms with Crippen LogP contribution in [0.5, 0.6) is 0 Å². The zero-order valence-electron chi connectivity index (χ0n) is 10.7. The summed E-state index contributed by atoms with van der Waals surface area (Å²) in [6.45, 7) is 3.72. The standard InChI is InChI=1S/C13H14BrN3O2/c1-7-8(2)16-19-13(7)15-12(18)11-5-9(14)6-17(11)10-3-4-10/h5-6,10H,3-4H2,1-2H3,(H,15,18). The molecule has 19 heavy (non-hydrogen) atoms. The van der Waals surface area contributed by atoms with Crippen LogP contribution in [-0.2, 0) is 0 Å². The molecule has 1 aliphatic rings. The van der Waals surface area contributed by atoms with Gasteiger partial charge in [-0.15, -0.1) is 0 Å². The highest BCUT2D eigenvalue weighted by atomic mass is 79.9. The van der Waals surface area contributed by atoms with Crippen LogP contribution < -0.4 is 5.32 Å². The molecule has 0 unspecified atom stereocenters. The largest absolute Gasteiger partial charge is 0.339 e. The fraction of sp³-hybridized carbons (Fsp3) is 0.385. The summed E-state index contributed by atoms with van der Waals surface area (Å²) in [5, 5.41) is 6.61. The van der Waals surface area contributed by atoms with E-state index in [0.717, 1.165) is 28.6 Å². The van der Waals surface area contributed by atoms with Crippen molar-refractivity contribution >= 4 is 27.7 Å². The summed E-state index contributed by atoms with van der Waals surface area (Å²) in [5.41, 5.74) is 2.29. The van der Waals surface area contributed by atoms with E-state index in [0.29, 0.717) is 17.6 Å². The number of nitrogens with one attached hydrogen (secondary N) is 1. The molecule has 1 aliphatic carbocycles. The van der Waals surface area contributed by atoms with Gasteiger partial charge in [0.05, 0.1) is 5.69 Å². The van der Waals surface area contributed by atoms with E-state index in [4.69, 9.17) is 4.52 Å². The smallest absolute Gasteiger partial charge is 0.274 e. The number of carbonyl (C=O) groups is 1. The van der Waals surface area contributed by atoms with E-state index in [9.17, 15) is 4.79 Å². The average Bonchev–Trinajstić information content (AvgIpc) is 3.09. The Hall–Kier alpha value is -1.56. The lowest BCUT2D eigenvalue weighted by Crippen LogP contribution is -2.16. The number of hydrogen-bond acceptors (Lipinski definition) is 3. The predicted octanol–water partition coefficient (Wildman–Crippen LogP) is 3.44. The minimum atomic E-state index is -0.170. The second kappa shape index (κ2) is 4.52. The fourth-order valence-electron chi connectivity index (χ4n) is 1.98. The van der Waals surface area contributed by atoms with Crippen molar-refractivity contribution in [3.8, 4) is 0 Å². The number of hydrogen-bond donors (Lipinski definition) is 1. The van der Waals surface area contributed by atoms with Crippen molar-refractivity contribution in [2.75, 3.05) is 5.32 Å². The molecule has 1 N–H and O–H groups in total. The van der Waals surface area contributed by atoms with Gasteiger partial charge in [0.15, 0.2) is 0 Å². The van der Waals surface area contributed by atoms with Crippen molar-refractivity contribution in [1.29, 1.82) is 0 Å². The molecule has 5 nitrogen and oxygen atoms in total. The van der Waals surface area contributed by atoms with Gasteiger partial charge >= 0.3 is 0 Å². The Kier molecular flexibility index (Phi) is 2.97. The Morgan fingerprint density at radius 2 is 2.26 bits per heavy atom. The van der Waals surface area contributed by atoms with Crippen molar-refractivity contribution in [1.82, 2.24) is 9.72 Å². The molecule has 0 saturated heterocycles. The summed E-state index contributed by atoms with van der Waals surface area (Å²) in [6, 6.07) is 2.27. The van der Waals surface area contributed by atoms with Gasteiger partial charge in [-0.25, -0.2) is 0 Å². The van der Waals surface area contributed by atoms with E-state index < -0.39 is 0 Å². The number of nitrogens with zero attached hydrogens (tertiary/aromatic N) is 2. The van der Waals surface area contributed by atoms with Crippen molar-refractivity contribution in [2.45, 2.75) is 32.7 Å². The third-order valence-corrected chi connectivity index (χ3v) is 3.81. The predicted molar refractivity (Wildman–Crippen MR) is 74.3 cm³/mol. The first-order chi connectivity index (χ1) is 9.06. The molecule has 1 fully saturated rings. The Balaban J connectivity index is 1.86. The van der Waals surface area contributed by atoms with Crippen LogP contribution in [0.4, 0.5) is 5.88 Å². The minimum Gasteiger partial charge on any atom is -0.339 e. The third kappa shape index (κ3) is 2.32. The highest BCUT2D eigenvalue weighted by Crippen LogP contribution is 2.37. The van der Waals surface area contributed by atoms with E-state index in [1.165, 1.54) is 0 Å². The molecule has 100 valence electrons. The highest BCUT2D eigenvalue weighted by Gasteiger charge is 2.28. The maximum Gasteiger partial charge on any atom is 0.274 e. The topological polar surface area (TPSA) is 60.1 Å². The first-order valence-electron chi connectivity index (χ1n) is 6.18. The minimum absolute atomic E-state index is 0.170. The quantitative estimate of drug-likeness (QED) is 0.941. The molecule has 0 spiro atoms. The molecule has 1 amide bonds. The van der Waals surface area contributed by atoms with Gasteiger partial charge in [0.25, 0.3) is 5.91 Å². The van der Waals surface area contributed by atoms with Gasteiger partial charge in [0, 0.05) is 22.3 Å². The lowest BCUT2D eigenvalue weighted by molar-refractivity contribution is 0.101. The zero-order valence-corrected chi connectivity index (χ0v) is 12.3. The molecule has 1 saturated carbocycles. The van der Waals surface area contributed by atoms with E-state index >= 15 is 0 Å². The SMILES string of the molecule is Cc1noc(NC(=O)c2cc(Br)cn2C2CC2)c1C. The maximum atomic E-state index is 12.3. The Morgan fingerprint density at radius 1 is 1.53 bits per heavy atom. The van der Waals surface area contributed by atoms with Crippen molar-refractivity contribution in [2.24, 2.45) is 0 Å². The summed E-state index contributed by atoms with van der Waals surface area (Å²) in [7, 11) is 0. The van der Waals surface area contributed by atoms with E-state index in [1.807, 2.05) is 30.7 Å². The molecule has 0 atom stereocenters. The van der Waals surface area contributed by atoms with Crippen molar-refractivity contribution in [3.05, 3.63) is 33.7 Å². The first kappa shape index (κ1) is 12.5. The van der Waals surface area contributed by atoms with Gasteiger partial charge in [0.1, 0.15) is 5.69 Å². The van der Waals surface area contributed by atoms with Gasteiger partial charge in [-0.1, -0.05) is 5.16 Å². The van der Waals surface area contributed by atoms with Crippen LogP contribution in [0.3, 0.4) is 0 Å². The maximum absolute atomic E-state index is 12.3. The molecule has 2 aromatic heterocycles. The molecule has 2 aromatic rings. The Labute approximate surface area is 119 Å². The normalized spacial score (nSPS) is 14.7. The van der Waals surface area contributed by atoms with Gasteiger partial charge < -0.3 is 9.09 Å². The Morgan fingerprint density at radius 3 is 2.84 bits per heavy atom. The summed E-state index contributed by atoms with van der Waals surface area (Å²) in [6.07, 6.45) is 4.20. The van der Waals surface area contributed by atoms with Gasteiger partial charge in [-0.05, 0) is 48.7 Å². The van der Waals surface area contributed by atoms with Crippen LogP contribution in [0, 0.1) is 13.8 Å². The Bertz CT molecular complexity index is 640. The molecule has 0 bridgehead atoms. The molecule has 2 heterocycles. The van der Waals surface area contributed by atoms with E-state index in [2.05, 4.69) is 26.4 Å². The summed E-state index contributed by atoms with van der Waals surface area (Å²) in [4.78, 5) is 12.3. The molecule has 3 rings (SSSR count). The second-order valence-electron chi connectivity index (χ2n) is 4.86. The second-order valence-corrected chi connectivity index (χ2v) is 5.77. The van der Waals surface area contributed by atoms with Crippen LogP contribution in [0.25, 0.3) is 0 Å². The van der Waals surface area contributed by atoms with Crippen LogP contribution in [0.2, 0.25) is 0 Å². The molecule has 0 aliphatic heterocycles. The van der Waals surface area contributed by atoms with Gasteiger partial charge in [-0.3, -0.25) is 10.1 Å². The lowest BCUT2D eigenvalue weighted by Gasteiger charge is -2.06. The van der Waals surface area contributed by atoms with Crippen molar-refractivity contribution in [3.63, 3.8) is 0 Å². The van der Waals surface area contributed by atoms with Crippen LogP contribution in [0.15, 0.2) is 21.3 Å². The van der Waals surface area contributed by atoms with E-state index in [-0.39, 0.29) is 5.91 Å². The highest BCUT2D eigenvalue weighted by molar-refractivity contribution is 9.10. The summed E-state index contributed by atoms with van der Waals surface area (Å²) >= 11 is 3.41. The lowest BCUT2D eigenvalue weighted by atomic mass is 10.3. The molecule has 0 radical (unpaired) electrons. The van der Waals surface area contributed by atoms with E-state index in [1.54, 1.807) is 0 Å². The number of halogens is 1. The number of aryl methyl sites for hydroxylation is 1. The molecular weight excluding hydrogens is 310 g/mol.